The van der Waals surface area contributed by atoms with Crippen molar-refractivity contribution in [3.8, 4) is 11.5 Å². The van der Waals surface area contributed by atoms with Crippen LogP contribution in [-0.2, 0) is 24.1 Å². The summed E-state index contributed by atoms with van der Waals surface area (Å²) in [6, 6.07) is 5.67. The average molecular weight is 420 g/mol. The predicted molar refractivity (Wildman–Crippen MR) is 54.0 cm³/mol. The standard InChI is InChI=1S/2C6H4F2O.2ClH.Zr/c2*7-4-1-2-6(9)5(8)3-4;;;/h2*1-3,9H;2*1H;/q;;;;+4/p-4. The number of benzene rings is 2. The van der Waals surface area contributed by atoms with Crippen LogP contribution >= 0.6 is 0 Å². The third kappa shape index (κ3) is 5.85. The van der Waals surface area contributed by atoms with Crippen LogP contribution in [0.15, 0.2) is 36.4 Å². The largest absolute Gasteiger partial charge is 1.00 e. The van der Waals surface area contributed by atoms with Crippen molar-refractivity contribution in [3.63, 3.8) is 0 Å². The molecule has 0 aromatic heterocycles. The van der Waals surface area contributed by atoms with Gasteiger partial charge in [-0.3, -0.25) is 0 Å². The van der Waals surface area contributed by atoms with E-state index in [4.69, 9.17) is 5.63 Å². The molecule has 0 aliphatic rings. The Balaban J connectivity index is 0.00000200. The van der Waals surface area contributed by atoms with Crippen LogP contribution in [0.3, 0.4) is 0 Å². The minimum atomic E-state index is -2.06. The fourth-order valence-corrected chi connectivity index (χ4v) is 2.58. The third-order valence-electron chi connectivity index (χ3n) is 2.09. The molecule has 0 bridgehead atoms. The van der Waals surface area contributed by atoms with Gasteiger partial charge in [-0.05, 0) is 0 Å². The first-order chi connectivity index (χ1) is 9.06. The molecule has 2 nitrogen and oxygen atoms in total. The van der Waals surface area contributed by atoms with Gasteiger partial charge in [-0.25, -0.2) is 0 Å². The van der Waals surface area contributed by atoms with Crippen LogP contribution in [0, 0.1) is 23.3 Å². The van der Waals surface area contributed by atoms with Gasteiger partial charge in [0.2, 0.25) is 0 Å². The van der Waals surface area contributed by atoms with Crippen molar-refractivity contribution in [2.24, 2.45) is 0 Å². The quantitative estimate of drug-likeness (QED) is 0.515. The monoisotopic (exact) mass is 418 g/mol. The van der Waals surface area contributed by atoms with E-state index in [1.54, 1.807) is 0 Å². The molecule has 0 aliphatic carbocycles. The molecule has 2 rings (SSSR count). The molecule has 0 unspecified atom stereocenters. The number of hydrogen-bond acceptors (Lipinski definition) is 2. The number of halogens is 6. The summed E-state index contributed by atoms with van der Waals surface area (Å²) in [6.07, 6.45) is 0. The molecule has 0 spiro atoms. The Bertz CT molecular complexity index is 550. The molecular weight excluding hydrogens is 414 g/mol. The molecule has 2 aromatic rings. The maximum absolute atomic E-state index is 13.2. The van der Waals surface area contributed by atoms with E-state index in [9.17, 15) is 17.6 Å². The van der Waals surface area contributed by atoms with Crippen LogP contribution in [0.4, 0.5) is 17.6 Å². The molecule has 0 heterocycles. The van der Waals surface area contributed by atoms with Crippen LogP contribution < -0.4 is 30.4 Å². The zero-order chi connectivity index (χ0) is 13.8. The van der Waals surface area contributed by atoms with Gasteiger partial charge in [0.25, 0.3) is 0 Å². The zero-order valence-electron chi connectivity index (χ0n) is 10.0. The molecule has 9 heteroatoms. The first-order valence-electron chi connectivity index (χ1n) is 5.05. The van der Waals surface area contributed by atoms with Gasteiger partial charge in [0.15, 0.2) is 0 Å². The molecule has 0 saturated carbocycles. The Labute approximate surface area is 143 Å². The van der Waals surface area contributed by atoms with E-state index in [1.807, 2.05) is 0 Å². The van der Waals surface area contributed by atoms with Gasteiger partial charge in [-0.1, -0.05) is 0 Å². The Morgan fingerprint density at radius 2 is 1.05 bits per heavy atom. The van der Waals surface area contributed by atoms with Crippen molar-refractivity contribution in [2.45, 2.75) is 0 Å². The van der Waals surface area contributed by atoms with Crippen LogP contribution in [-0.4, -0.2) is 0 Å². The normalized spacial score (nSPS) is 8.95. The molecule has 21 heavy (non-hydrogen) atoms. The average Bonchev–Trinajstić information content (AvgIpc) is 2.34. The summed E-state index contributed by atoms with van der Waals surface area (Å²) >= 11 is -2.06. The first-order valence-corrected chi connectivity index (χ1v) is 7.06. The summed E-state index contributed by atoms with van der Waals surface area (Å²) in [5.74, 6) is -3.47. The van der Waals surface area contributed by atoms with Gasteiger partial charge in [0.1, 0.15) is 0 Å². The summed E-state index contributed by atoms with van der Waals surface area (Å²) in [6.45, 7) is 0. The molecule has 0 radical (unpaired) electrons. The molecule has 0 saturated heterocycles. The minimum Gasteiger partial charge on any atom is -1.00 e. The van der Waals surface area contributed by atoms with Gasteiger partial charge in [-0.2, -0.15) is 0 Å². The number of hydrogen-bond donors (Lipinski definition) is 0. The maximum Gasteiger partial charge on any atom is -1.00 e. The van der Waals surface area contributed by atoms with Crippen molar-refractivity contribution >= 4 is 0 Å². The molecule has 2 aromatic carbocycles. The van der Waals surface area contributed by atoms with Crippen LogP contribution in [0.5, 0.6) is 11.5 Å². The molecule has 0 atom stereocenters. The maximum atomic E-state index is 13.2. The first kappa shape index (κ1) is 20.2. The van der Waals surface area contributed by atoms with E-state index in [0.717, 1.165) is 24.3 Å². The van der Waals surface area contributed by atoms with Crippen LogP contribution in [0.1, 0.15) is 0 Å². The van der Waals surface area contributed by atoms with Crippen molar-refractivity contribution < 1.29 is 72.1 Å². The van der Waals surface area contributed by atoms with E-state index >= 15 is 0 Å². The smallest absolute Gasteiger partial charge is 1.00 e. The second kappa shape index (κ2) is 9.28. The van der Waals surface area contributed by atoms with Crippen molar-refractivity contribution in [1.29, 1.82) is 0 Å². The fraction of sp³-hybridized carbons (Fsp3) is 0. The summed E-state index contributed by atoms with van der Waals surface area (Å²) < 4.78 is 61.7. The molecule has 0 fully saturated rings. The van der Waals surface area contributed by atoms with Crippen molar-refractivity contribution in [3.05, 3.63) is 59.7 Å². The van der Waals surface area contributed by atoms with E-state index in [0.29, 0.717) is 12.1 Å². The van der Waals surface area contributed by atoms with Crippen molar-refractivity contribution in [1.82, 2.24) is 0 Å². The van der Waals surface area contributed by atoms with Gasteiger partial charge >= 0.3 is 118 Å². The molecule has 112 valence electrons. The summed E-state index contributed by atoms with van der Waals surface area (Å²) in [5, 5.41) is 0. The summed E-state index contributed by atoms with van der Waals surface area (Å²) in [5.41, 5.74) is 0. The summed E-state index contributed by atoms with van der Waals surface area (Å²) in [4.78, 5) is 0. The summed E-state index contributed by atoms with van der Waals surface area (Å²) in [7, 11) is 0. The van der Waals surface area contributed by atoms with Crippen molar-refractivity contribution in [2.75, 3.05) is 0 Å². The minimum absolute atomic E-state index is 0. The third-order valence-corrected chi connectivity index (χ3v) is 3.58. The second-order valence-corrected chi connectivity index (χ2v) is 4.85. The van der Waals surface area contributed by atoms with Crippen LogP contribution in [0.25, 0.3) is 0 Å². The zero-order valence-corrected chi connectivity index (χ0v) is 14.0. The molecule has 0 aliphatic heterocycles. The van der Waals surface area contributed by atoms with Gasteiger partial charge in [0.05, 0.1) is 0 Å². The van der Waals surface area contributed by atoms with E-state index in [1.165, 1.54) is 0 Å². The van der Waals surface area contributed by atoms with Gasteiger partial charge < -0.3 is 24.8 Å². The van der Waals surface area contributed by atoms with E-state index in [2.05, 4.69) is 0 Å². The fourth-order valence-electron chi connectivity index (χ4n) is 1.23. The Morgan fingerprint density at radius 3 is 1.38 bits per heavy atom. The number of rotatable bonds is 4. The Hall–Kier alpha value is -0.777. The predicted octanol–water partition coefficient (Wildman–Crippen LogP) is -2.38. The topological polar surface area (TPSA) is 18.5 Å². The van der Waals surface area contributed by atoms with Crippen LogP contribution in [0.2, 0.25) is 0 Å². The molecular formula is C12H6Cl2F4O2Zr. The van der Waals surface area contributed by atoms with Gasteiger partial charge in [0, 0.05) is 0 Å². The SMILES string of the molecule is Fc1ccc([O][Zr+2][O]c2ccc(F)cc2F)c(F)c1.[Cl-].[Cl-]. The van der Waals surface area contributed by atoms with Gasteiger partial charge in [-0.15, -0.1) is 0 Å². The Kier molecular flexibility index (Phi) is 8.94. The Morgan fingerprint density at radius 1 is 0.667 bits per heavy atom. The second-order valence-electron chi connectivity index (χ2n) is 3.44. The van der Waals surface area contributed by atoms with E-state index in [-0.39, 0.29) is 36.3 Å². The molecule has 0 amide bonds. The molecule has 0 N–H and O–H groups in total. The van der Waals surface area contributed by atoms with E-state index < -0.39 is 47.4 Å².